The number of fused-ring (bicyclic) bond motifs is 1. The van der Waals surface area contributed by atoms with Gasteiger partial charge in [-0.05, 0) is 31.1 Å². The van der Waals surface area contributed by atoms with Gasteiger partial charge in [-0.25, -0.2) is 9.97 Å². The van der Waals surface area contributed by atoms with E-state index in [0.717, 1.165) is 52.0 Å². The fraction of sp³-hybridized carbons (Fsp3) is 0.440. The van der Waals surface area contributed by atoms with E-state index in [2.05, 4.69) is 56.0 Å². The molecular formula is C25H30N6OS2. The molecule has 1 aliphatic carbocycles. The Kier molecular flexibility index (Phi) is 7.42. The zero-order chi connectivity index (χ0) is 23.3. The van der Waals surface area contributed by atoms with Crippen LogP contribution in [0.5, 0.6) is 0 Å². The smallest absolute Gasteiger partial charge is 0.191 e. The van der Waals surface area contributed by atoms with Crippen LogP contribution in [0.1, 0.15) is 49.8 Å². The summed E-state index contributed by atoms with van der Waals surface area (Å²) in [4.78, 5) is 10.5. The minimum Gasteiger partial charge on any atom is -0.377 e. The van der Waals surface area contributed by atoms with Gasteiger partial charge in [0.15, 0.2) is 11.0 Å². The van der Waals surface area contributed by atoms with Crippen molar-refractivity contribution >= 4 is 39.1 Å². The Morgan fingerprint density at radius 3 is 2.74 bits per heavy atom. The van der Waals surface area contributed by atoms with E-state index >= 15 is 0 Å². The Hall–Kier alpha value is -2.49. The minimum absolute atomic E-state index is 0.394. The Morgan fingerprint density at radius 2 is 1.97 bits per heavy atom. The molecule has 1 aliphatic rings. The van der Waals surface area contributed by atoms with E-state index in [0.29, 0.717) is 18.5 Å². The third-order valence-electron chi connectivity index (χ3n) is 6.32. The highest BCUT2D eigenvalue weighted by Crippen LogP contribution is 2.37. The van der Waals surface area contributed by atoms with Crippen LogP contribution in [0.3, 0.4) is 0 Å². The zero-order valence-electron chi connectivity index (χ0n) is 19.7. The average Bonchev–Trinajstić information content (AvgIpc) is 3.62. The Morgan fingerprint density at radius 1 is 1.15 bits per heavy atom. The normalized spacial score (nSPS) is 14.3. The first kappa shape index (κ1) is 23.3. The number of anilines is 1. The highest BCUT2D eigenvalue weighted by Gasteiger charge is 2.23. The van der Waals surface area contributed by atoms with Gasteiger partial charge in [-0.3, -0.25) is 0 Å². The van der Waals surface area contributed by atoms with Crippen molar-refractivity contribution in [3.8, 4) is 11.1 Å². The van der Waals surface area contributed by atoms with Crippen LogP contribution in [0.4, 0.5) is 5.82 Å². The van der Waals surface area contributed by atoms with Crippen LogP contribution in [0.15, 0.2) is 40.9 Å². The standard InChI is InChI=1S/C25H30N6OS2/c1-32-15-20-27-23(22-19(16-34-24(22)28-20)17-9-4-3-5-10-17)26-14-8-13-21-29-30-25(33-2)31(21)18-11-6-7-12-18/h3-5,9-10,16,18H,6-8,11-15H2,1-2H3,(H,26,27,28). The van der Waals surface area contributed by atoms with Gasteiger partial charge < -0.3 is 14.6 Å². The van der Waals surface area contributed by atoms with E-state index in [1.807, 2.05) is 6.07 Å². The molecule has 0 radical (unpaired) electrons. The number of thioether (sulfide) groups is 1. The van der Waals surface area contributed by atoms with Gasteiger partial charge in [0.2, 0.25) is 0 Å². The number of nitrogens with one attached hydrogen (secondary N) is 1. The molecule has 4 aromatic rings. The summed E-state index contributed by atoms with van der Waals surface area (Å²) in [5.41, 5.74) is 2.34. The molecule has 1 fully saturated rings. The van der Waals surface area contributed by atoms with E-state index in [4.69, 9.17) is 14.7 Å². The van der Waals surface area contributed by atoms with Crippen LogP contribution in [0.25, 0.3) is 21.3 Å². The number of hydrogen-bond donors (Lipinski definition) is 1. The number of hydrogen-bond acceptors (Lipinski definition) is 8. The van der Waals surface area contributed by atoms with E-state index < -0.39 is 0 Å². The summed E-state index contributed by atoms with van der Waals surface area (Å²) in [5.74, 6) is 2.68. The summed E-state index contributed by atoms with van der Waals surface area (Å²) >= 11 is 3.34. The SMILES string of the molecule is COCc1nc(NCCCc2nnc(SC)n2C2CCCC2)c2c(-c3ccccc3)csc2n1. The second-order valence-electron chi connectivity index (χ2n) is 8.56. The Labute approximate surface area is 208 Å². The maximum Gasteiger partial charge on any atom is 0.191 e. The largest absolute Gasteiger partial charge is 0.377 e. The topological polar surface area (TPSA) is 77.8 Å². The number of rotatable bonds is 10. The summed E-state index contributed by atoms with van der Waals surface area (Å²) in [7, 11) is 1.67. The Bertz CT molecular complexity index is 1230. The van der Waals surface area contributed by atoms with Gasteiger partial charge in [0.1, 0.15) is 23.1 Å². The number of aromatic nitrogens is 5. The van der Waals surface area contributed by atoms with Gasteiger partial charge >= 0.3 is 0 Å². The quantitative estimate of drug-likeness (QED) is 0.215. The lowest BCUT2D eigenvalue weighted by Gasteiger charge is -2.16. The van der Waals surface area contributed by atoms with Crippen molar-refractivity contribution in [1.29, 1.82) is 0 Å². The summed E-state index contributed by atoms with van der Waals surface area (Å²) in [6.45, 7) is 1.19. The molecule has 3 aromatic heterocycles. The van der Waals surface area contributed by atoms with Crippen LogP contribution >= 0.6 is 23.1 Å². The van der Waals surface area contributed by atoms with Gasteiger partial charge in [0.05, 0.1) is 5.39 Å². The molecule has 0 atom stereocenters. The summed E-state index contributed by atoms with van der Waals surface area (Å²) in [6, 6.07) is 11.0. The second-order valence-corrected chi connectivity index (χ2v) is 10.2. The lowest BCUT2D eigenvalue weighted by atomic mass is 10.1. The van der Waals surface area contributed by atoms with Gasteiger partial charge in [0.25, 0.3) is 0 Å². The van der Waals surface area contributed by atoms with Gasteiger partial charge in [-0.2, -0.15) is 0 Å². The lowest BCUT2D eigenvalue weighted by Crippen LogP contribution is -2.13. The molecular weight excluding hydrogens is 464 g/mol. The number of nitrogens with zero attached hydrogens (tertiary/aromatic N) is 5. The highest BCUT2D eigenvalue weighted by atomic mass is 32.2. The van der Waals surface area contributed by atoms with Crippen molar-refractivity contribution < 1.29 is 4.74 Å². The molecule has 0 unspecified atom stereocenters. The predicted octanol–water partition coefficient (Wildman–Crippen LogP) is 5.98. The first-order chi connectivity index (χ1) is 16.8. The first-order valence-electron chi connectivity index (χ1n) is 11.8. The molecule has 1 aromatic carbocycles. The summed E-state index contributed by atoms with van der Waals surface area (Å²) < 4.78 is 7.71. The van der Waals surface area contributed by atoms with Crippen LogP contribution in [-0.4, -0.2) is 44.6 Å². The molecule has 7 nitrogen and oxygen atoms in total. The molecule has 5 rings (SSSR count). The van der Waals surface area contributed by atoms with Crippen LogP contribution < -0.4 is 5.32 Å². The van der Waals surface area contributed by atoms with Crippen molar-refractivity contribution in [3.63, 3.8) is 0 Å². The fourth-order valence-corrected chi connectivity index (χ4v) is 6.28. The van der Waals surface area contributed by atoms with Crippen molar-refractivity contribution in [3.05, 3.63) is 47.4 Å². The van der Waals surface area contributed by atoms with Gasteiger partial charge in [0, 0.05) is 37.1 Å². The summed E-state index contributed by atoms with van der Waals surface area (Å²) in [5, 5.41) is 16.9. The molecule has 0 bridgehead atoms. The second kappa shape index (κ2) is 10.8. The molecule has 34 heavy (non-hydrogen) atoms. The van der Waals surface area contributed by atoms with E-state index in [1.165, 1.54) is 31.2 Å². The lowest BCUT2D eigenvalue weighted by molar-refractivity contribution is 0.178. The van der Waals surface area contributed by atoms with Crippen molar-refractivity contribution in [2.75, 3.05) is 25.2 Å². The van der Waals surface area contributed by atoms with Crippen LogP contribution in [-0.2, 0) is 17.8 Å². The zero-order valence-corrected chi connectivity index (χ0v) is 21.3. The number of aryl methyl sites for hydroxylation is 1. The number of benzene rings is 1. The molecule has 9 heteroatoms. The van der Waals surface area contributed by atoms with Gasteiger partial charge in [-0.15, -0.1) is 21.5 Å². The molecule has 178 valence electrons. The van der Waals surface area contributed by atoms with Crippen molar-refractivity contribution in [2.45, 2.75) is 56.3 Å². The monoisotopic (exact) mass is 494 g/mol. The van der Waals surface area contributed by atoms with Crippen LogP contribution in [0.2, 0.25) is 0 Å². The van der Waals surface area contributed by atoms with E-state index in [9.17, 15) is 0 Å². The van der Waals surface area contributed by atoms with E-state index in [-0.39, 0.29) is 0 Å². The minimum atomic E-state index is 0.394. The third-order valence-corrected chi connectivity index (χ3v) is 7.83. The molecule has 3 heterocycles. The van der Waals surface area contributed by atoms with Crippen molar-refractivity contribution in [1.82, 2.24) is 24.7 Å². The maximum absolute atomic E-state index is 5.31. The molecule has 0 aliphatic heterocycles. The fourth-order valence-electron chi connectivity index (χ4n) is 4.74. The molecule has 0 spiro atoms. The third kappa shape index (κ3) is 4.82. The number of methoxy groups -OCH3 is 1. The predicted molar refractivity (Wildman–Crippen MR) is 140 cm³/mol. The molecule has 1 N–H and O–H groups in total. The van der Waals surface area contributed by atoms with E-state index in [1.54, 1.807) is 30.2 Å². The Balaban J connectivity index is 1.35. The average molecular weight is 495 g/mol. The number of thiophene rings is 1. The van der Waals surface area contributed by atoms with Crippen molar-refractivity contribution in [2.24, 2.45) is 0 Å². The molecule has 1 saturated carbocycles. The van der Waals surface area contributed by atoms with Gasteiger partial charge in [-0.1, -0.05) is 54.9 Å². The van der Waals surface area contributed by atoms with Crippen LogP contribution in [0, 0.1) is 0 Å². The first-order valence-corrected chi connectivity index (χ1v) is 13.9. The molecule has 0 amide bonds. The number of ether oxygens (including phenoxy) is 1. The summed E-state index contributed by atoms with van der Waals surface area (Å²) in [6.07, 6.45) is 9.01. The maximum atomic E-state index is 5.31. The highest BCUT2D eigenvalue weighted by molar-refractivity contribution is 7.98. The molecule has 0 saturated heterocycles.